The summed E-state index contributed by atoms with van der Waals surface area (Å²) < 4.78 is 77.8. The minimum Gasteiger partial charge on any atom is -0.351 e. The van der Waals surface area contributed by atoms with Crippen LogP contribution < -0.4 is 10.6 Å². The number of alkyl halides is 6. The highest BCUT2D eigenvalue weighted by Gasteiger charge is 2.40. The molecule has 1 aromatic carbocycles. The minimum absolute atomic E-state index is 0.0707. The van der Waals surface area contributed by atoms with Crippen molar-refractivity contribution in [1.29, 1.82) is 0 Å². The first-order valence-corrected chi connectivity index (χ1v) is 9.52. The molecule has 0 saturated carbocycles. The van der Waals surface area contributed by atoms with E-state index in [2.05, 4.69) is 29.7 Å². The maximum absolute atomic E-state index is 13.0. The van der Waals surface area contributed by atoms with Gasteiger partial charge >= 0.3 is 12.4 Å². The number of allylic oxidation sites excluding steroid dienone is 4. The molecule has 0 bridgehead atoms. The van der Waals surface area contributed by atoms with E-state index in [0.29, 0.717) is 25.1 Å². The van der Waals surface area contributed by atoms with E-state index in [9.17, 15) is 31.1 Å². The summed E-state index contributed by atoms with van der Waals surface area (Å²) in [5, 5.41) is 5.57. The standard InChI is InChI=1S/C21H22F6N2O/c1-19(5-3-2-4-6-19)16-10-17(28-12-16)18(30)29-11-13-7-14(20(22,23)24)9-15(8-13)21(25,26)27/h2-5,7-9,16-17,28H,6,10-12H2,1H3,(H,29,30)/t16-,17+,19?/m1/s1. The molecule has 3 nitrogen and oxygen atoms in total. The van der Waals surface area contributed by atoms with Gasteiger partial charge in [-0.25, -0.2) is 0 Å². The molecule has 1 amide bonds. The number of benzene rings is 1. The minimum atomic E-state index is -4.92. The average Bonchev–Trinajstić information content (AvgIpc) is 3.16. The van der Waals surface area contributed by atoms with Crippen LogP contribution in [0.1, 0.15) is 36.5 Å². The summed E-state index contributed by atoms with van der Waals surface area (Å²) in [5.74, 6) is -0.248. The highest BCUT2D eigenvalue weighted by atomic mass is 19.4. The van der Waals surface area contributed by atoms with E-state index < -0.39 is 42.0 Å². The van der Waals surface area contributed by atoms with E-state index in [-0.39, 0.29) is 23.0 Å². The molecule has 1 aliphatic carbocycles. The molecule has 3 rings (SSSR count). The van der Waals surface area contributed by atoms with Crippen molar-refractivity contribution < 1.29 is 31.1 Å². The number of hydrogen-bond acceptors (Lipinski definition) is 2. The molecule has 164 valence electrons. The van der Waals surface area contributed by atoms with Gasteiger partial charge in [0.2, 0.25) is 5.91 Å². The Morgan fingerprint density at radius 3 is 2.27 bits per heavy atom. The highest BCUT2D eigenvalue weighted by Crippen LogP contribution is 2.40. The van der Waals surface area contributed by atoms with Crippen molar-refractivity contribution in [2.75, 3.05) is 6.54 Å². The first-order chi connectivity index (χ1) is 13.9. The van der Waals surface area contributed by atoms with Gasteiger partial charge in [-0.2, -0.15) is 26.3 Å². The van der Waals surface area contributed by atoms with Crippen molar-refractivity contribution in [2.45, 2.75) is 44.7 Å². The summed E-state index contributed by atoms with van der Waals surface area (Å²) in [5.41, 5.74) is -3.15. The van der Waals surface area contributed by atoms with Crippen molar-refractivity contribution in [3.8, 4) is 0 Å². The van der Waals surface area contributed by atoms with Gasteiger partial charge in [0.15, 0.2) is 0 Å². The summed E-state index contributed by atoms with van der Waals surface area (Å²) >= 11 is 0. The lowest BCUT2D eigenvalue weighted by atomic mass is 9.72. The highest BCUT2D eigenvalue weighted by molar-refractivity contribution is 5.82. The van der Waals surface area contributed by atoms with Gasteiger partial charge in [0.1, 0.15) is 0 Å². The second-order valence-electron chi connectivity index (χ2n) is 8.02. The maximum Gasteiger partial charge on any atom is 0.416 e. The first kappa shape index (κ1) is 22.4. The molecule has 0 spiro atoms. The number of halogens is 6. The van der Waals surface area contributed by atoms with Crippen molar-refractivity contribution >= 4 is 5.91 Å². The molecule has 9 heteroatoms. The lowest BCUT2D eigenvalue weighted by Gasteiger charge is -2.32. The normalized spacial score (nSPS) is 26.8. The topological polar surface area (TPSA) is 41.1 Å². The summed E-state index contributed by atoms with van der Waals surface area (Å²) in [6, 6.07) is 0.779. The Labute approximate surface area is 170 Å². The Balaban J connectivity index is 1.66. The molecule has 0 radical (unpaired) electrons. The van der Waals surface area contributed by atoms with Gasteiger partial charge in [0, 0.05) is 6.54 Å². The Kier molecular flexibility index (Phi) is 6.04. The molecule has 1 aliphatic heterocycles. The zero-order chi connectivity index (χ0) is 22.2. The molecule has 1 aromatic rings. The molecule has 30 heavy (non-hydrogen) atoms. The Hall–Kier alpha value is -2.29. The molecule has 2 aliphatic rings. The monoisotopic (exact) mass is 432 g/mol. The third-order valence-corrected chi connectivity index (χ3v) is 5.78. The number of amides is 1. The van der Waals surface area contributed by atoms with Crippen LogP contribution in [0.2, 0.25) is 0 Å². The molecule has 1 fully saturated rings. The fourth-order valence-electron chi connectivity index (χ4n) is 3.92. The summed E-state index contributed by atoms with van der Waals surface area (Å²) in [6.07, 6.45) is -0.386. The van der Waals surface area contributed by atoms with E-state index in [1.54, 1.807) is 0 Å². The van der Waals surface area contributed by atoms with Crippen LogP contribution >= 0.6 is 0 Å². The Morgan fingerprint density at radius 1 is 1.10 bits per heavy atom. The predicted molar refractivity (Wildman–Crippen MR) is 99.2 cm³/mol. The maximum atomic E-state index is 13.0. The SMILES string of the molecule is CC1([C@H]2CN[C@H](C(=O)NCc3cc(C(F)(F)F)cc(C(F)(F)F)c3)C2)C=CC=CC1. The number of hydrogen-bond donors (Lipinski definition) is 2. The van der Waals surface area contributed by atoms with Gasteiger partial charge < -0.3 is 10.6 Å². The summed E-state index contributed by atoms with van der Waals surface area (Å²) in [7, 11) is 0. The number of nitrogens with one attached hydrogen (secondary N) is 2. The molecule has 3 atom stereocenters. The number of carbonyl (C=O) groups is 1. The largest absolute Gasteiger partial charge is 0.416 e. The van der Waals surface area contributed by atoms with Gasteiger partial charge in [-0.1, -0.05) is 31.2 Å². The van der Waals surface area contributed by atoms with Crippen molar-refractivity contribution in [1.82, 2.24) is 10.6 Å². The van der Waals surface area contributed by atoms with Crippen LogP contribution in [0.15, 0.2) is 42.5 Å². The van der Waals surface area contributed by atoms with Crippen LogP contribution in [0.25, 0.3) is 0 Å². The van der Waals surface area contributed by atoms with Crippen LogP contribution in [-0.4, -0.2) is 18.5 Å². The smallest absolute Gasteiger partial charge is 0.351 e. The first-order valence-electron chi connectivity index (χ1n) is 9.52. The van der Waals surface area contributed by atoms with Gasteiger partial charge in [-0.3, -0.25) is 4.79 Å². The van der Waals surface area contributed by atoms with Crippen LogP contribution in [0.3, 0.4) is 0 Å². The summed E-state index contributed by atoms with van der Waals surface area (Å²) in [6.45, 7) is 2.28. The van der Waals surface area contributed by atoms with E-state index in [1.807, 2.05) is 12.2 Å². The lowest BCUT2D eigenvalue weighted by molar-refractivity contribution is -0.143. The van der Waals surface area contributed by atoms with Crippen LogP contribution in [0.4, 0.5) is 26.3 Å². The Morgan fingerprint density at radius 2 is 1.73 bits per heavy atom. The van der Waals surface area contributed by atoms with E-state index in [4.69, 9.17) is 0 Å². The molecular weight excluding hydrogens is 410 g/mol. The number of rotatable bonds is 4. The lowest BCUT2D eigenvalue weighted by Crippen LogP contribution is -2.40. The predicted octanol–water partition coefficient (Wildman–Crippen LogP) is 4.84. The quantitative estimate of drug-likeness (QED) is 0.669. The second-order valence-corrected chi connectivity index (χ2v) is 8.02. The second kappa shape index (κ2) is 8.09. The molecule has 1 unspecified atom stereocenters. The molecular formula is C21H22F6N2O. The van der Waals surface area contributed by atoms with E-state index in [0.717, 1.165) is 6.42 Å². The van der Waals surface area contributed by atoms with E-state index in [1.165, 1.54) is 0 Å². The Bertz CT molecular complexity index is 826. The van der Waals surface area contributed by atoms with Crippen molar-refractivity contribution in [2.24, 2.45) is 11.3 Å². The number of carbonyl (C=O) groups excluding carboxylic acids is 1. The van der Waals surface area contributed by atoms with Gasteiger partial charge in [0.05, 0.1) is 17.2 Å². The summed E-state index contributed by atoms with van der Waals surface area (Å²) in [4.78, 5) is 12.5. The van der Waals surface area contributed by atoms with Gasteiger partial charge in [0.25, 0.3) is 0 Å². The third kappa shape index (κ3) is 5.06. The molecule has 0 aromatic heterocycles. The van der Waals surface area contributed by atoms with Crippen LogP contribution in [0, 0.1) is 11.3 Å². The van der Waals surface area contributed by atoms with Crippen LogP contribution in [0.5, 0.6) is 0 Å². The fourth-order valence-corrected chi connectivity index (χ4v) is 3.92. The van der Waals surface area contributed by atoms with E-state index >= 15 is 0 Å². The van der Waals surface area contributed by atoms with Gasteiger partial charge in [-0.15, -0.1) is 0 Å². The van der Waals surface area contributed by atoms with Crippen molar-refractivity contribution in [3.63, 3.8) is 0 Å². The fraction of sp³-hybridized carbons (Fsp3) is 0.476. The molecule has 1 heterocycles. The molecule has 2 N–H and O–H groups in total. The third-order valence-electron chi connectivity index (χ3n) is 5.78. The van der Waals surface area contributed by atoms with Crippen LogP contribution in [-0.2, 0) is 23.7 Å². The average molecular weight is 432 g/mol. The van der Waals surface area contributed by atoms with Crippen molar-refractivity contribution in [3.05, 3.63) is 59.2 Å². The zero-order valence-electron chi connectivity index (χ0n) is 16.2. The molecule has 1 saturated heterocycles. The zero-order valence-corrected chi connectivity index (χ0v) is 16.2. The van der Waals surface area contributed by atoms with Gasteiger partial charge in [-0.05, 0) is 54.5 Å².